The van der Waals surface area contributed by atoms with Gasteiger partial charge in [0.2, 0.25) is 0 Å². The molecule has 0 spiro atoms. The van der Waals surface area contributed by atoms with Crippen molar-refractivity contribution in [3.05, 3.63) is 106 Å². The Morgan fingerprint density at radius 2 is 2.00 bits per heavy atom. The van der Waals surface area contributed by atoms with Crippen molar-refractivity contribution in [1.82, 2.24) is 24.6 Å². The number of ether oxygens (including phenoxy) is 1. The molecule has 0 amide bonds. The Kier molecular flexibility index (Phi) is 8.56. The van der Waals surface area contributed by atoms with Crippen LogP contribution in [-0.2, 0) is 25.2 Å². The third-order valence-electron chi connectivity index (χ3n) is 8.40. The maximum absolute atomic E-state index is 14.5. The Labute approximate surface area is 257 Å². The minimum Gasteiger partial charge on any atom is -0.489 e. The number of carboxylic acids is 1. The van der Waals surface area contributed by atoms with Gasteiger partial charge in [0, 0.05) is 25.8 Å². The number of aromatic carboxylic acids is 1. The molecule has 0 bridgehead atoms. The molecule has 1 aromatic carbocycles. The van der Waals surface area contributed by atoms with Crippen LogP contribution in [0.1, 0.15) is 64.8 Å². The number of carbonyl (C=O) groups is 1. The summed E-state index contributed by atoms with van der Waals surface area (Å²) in [4.78, 5) is 23.2. The first kappa shape index (κ1) is 30.0. The van der Waals surface area contributed by atoms with Crippen LogP contribution in [0, 0.1) is 5.92 Å². The summed E-state index contributed by atoms with van der Waals surface area (Å²) in [5.41, 5.74) is 1.65. The van der Waals surface area contributed by atoms with Gasteiger partial charge in [-0.25, -0.2) is 14.5 Å². The van der Waals surface area contributed by atoms with Crippen LogP contribution in [0.15, 0.2) is 72.6 Å². The van der Waals surface area contributed by atoms with Crippen molar-refractivity contribution >= 4 is 20.8 Å². The molecule has 0 radical (unpaired) electrons. The topological polar surface area (TPSA) is 93.4 Å². The van der Waals surface area contributed by atoms with Gasteiger partial charge in [0.1, 0.15) is 23.6 Å². The van der Waals surface area contributed by atoms with Crippen LogP contribution in [0.3, 0.4) is 0 Å². The van der Waals surface area contributed by atoms with E-state index in [0.29, 0.717) is 12.3 Å². The molecular formula is C33H34F2N5O3P. The van der Waals surface area contributed by atoms with Crippen molar-refractivity contribution in [3.8, 4) is 11.6 Å². The predicted octanol–water partition coefficient (Wildman–Crippen LogP) is 6.50. The van der Waals surface area contributed by atoms with Crippen molar-refractivity contribution in [3.63, 3.8) is 0 Å². The molecule has 1 aliphatic heterocycles. The molecule has 6 rings (SSSR count). The molecule has 3 aromatic heterocycles. The lowest BCUT2D eigenvalue weighted by molar-refractivity contribution is 0.0660. The summed E-state index contributed by atoms with van der Waals surface area (Å²) in [7, 11) is 1.40. The van der Waals surface area contributed by atoms with Crippen LogP contribution in [0.25, 0.3) is 11.4 Å². The fraction of sp³-hybridized carbons (Fsp3) is 0.333. The van der Waals surface area contributed by atoms with E-state index in [1.165, 1.54) is 20.4 Å². The van der Waals surface area contributed by atoms with Crippen molar-refractivity contribution in [2.75, 3.05) is 13.2 Å². The highest BCUT2D eigenvalue weighted by atomic mass is 31.0. The van der Waals surface area contributed by atoms with Crippen molar-refractivity contribution in [1.29, 1.82) is 0 Å². The van der Waals surface area contributed by atoms with Gasteiger partial charge in [-0.15, -0.1) is 0 Å². The zero-order valence-electron chi connectivity index (χ0n) is 24.4. The third-order valence-corrected chi connectivity index (χ3v) is 8.67. The number of alkyl halides is 2. The van der Waals surface area contributed by atoms with Crippen LogP contribution >= 0.6 is 9.24 Å². The summed E-state index contributed by atoms with van der Waals surface area (Å²) in [6, 6.07) is 17.5. The number of carboxylic acid groups (broad SMARTS) is 1. The van der Waals surface area contributed by atoms with E-state index >= 15 is 0 Å². The number of nitrogens with zero attached hydrogens (tertiary/aromatic N) is 5. The van der Waals surface area contributed by atoms with Crippen LogP contribution in [0.2, 0.25) is 0 Å². The minimum absolute atomic E-state index is 0.130. The van der Waals surface area contributed by atoms with E-state index in [1.807, 2.05) is 30.5 Å². The summed E-state index contributed by atoms with van der Waals surface area (Å²) < 4.78 is 36.2. The van der Waals surface area contributed by atoms with Gasteiger partial charge < -0.3 is 9.84 Å². The molecule has 4 heterocycles. The van der Waals surface area contributed by atoms with Crippen molar-refractivity contribution < 1.29 is 23.4 Å². The van der Waals surface area contributed by atoms with E-state index in [9.17, 15) is 18.7 Å². The van der Waals surface area contributed by atoms with Gasteiger partial charge in [0.05, 0.1) is 17.6 Å². The lowest BCUT2D eigenvalue weighted by Crippen LogP contribution is -2.30. The maximum atomic E-state index is 14.5. The van der Waals surface area contributed by atoms with Gasteiger partial charge in [-0.2, -0.15) is 13.9 Å². The van der Waals surface area contributed by atoms with E-state index in [4.69, 9.17) is 9.72 Å². The Morgan fingerprint density at radius 1 is 1.14 bits per heavy atom. The van der Waals surface area contributed by atoms with Crippen molar-refractivity contribution in [2.45, 2.75) is 51.4 Å². The van der Waals surface area contributed by atoms with Gasteiger partial charge in [-0.1, -0.05) is 34.4 Å². The average molecular weight is 618 g/mol. The summed E-state index contributed by atoms with van der Waals surface area (Å²) in [6.07, 6.45) is 6.47. The van der Waals surface area contributed by atoms with Gasteiger partial charge >= 0.3 is 11.6 Å². The van der Waals surface area contributed by atoms with Crippen molar-refractivity contribution in [2.24, 2.45) is 5.92 Å². The first-order valence-electron chi connectivity index (χ1n) is 14.7. The van der Waals surface area contributed by atoms with Crippen LogP contribution in [-0.4, -0.2) is 48.9 Å². The molecule has 0 saturated heterocycles. The molecule has 2 atom stereocenters. The summed E-state index contributed by atoms with van der Waals surface area (Å²) in [5.74, 6) is -0.266. The highest BCUT2D eigenvalue weighted by molar-refractivity contribution is 7.17. The number of allylic oxidation sites excluding steroid dienone is 1. The number of aromatic nitrogens is 4. The molecule has 44 heavy (non-hydrogen) atoms. The molecule has 2 aliphatic rings. The van der Waals surface area contributed by atoms with Gasteiger partial charge in [0.25, 0.3) is 0 Å². The first-order chi connectivity index (χ1) is 21.2. The second-order valence-corrected chi connectivity index (χ2v) is 12.2. The summed E-state index contributed by atoms with van der Waals surface area (Å²) in [5, 5.41) is 13.4. The second kappa shape index (κ2) is 12.5. The van der Waals surface area contributed by atoms with E-state index in [-0.39, 0.29) is 11.7 Å². The van der Waals surface area contributed by atoms with Gasteiger partial charge in [-0.05, 0) is 90.3 Å². The molecular weight excluding hydrogens is 583 g/mol. The number of benzene rings is 1. The highest BCUT2D eigenvalue weighted by Crippen LogP contribution is 2.39. The quantitative estimate of drug-likeness (QED) is 0.215. The standard InChI is InChI=1S/C33H34F2N5O3P/c1-21-6-4-8-26(29-9-5-10-30(38-29)40-31(33(34,35)44)27(17-37-40)32(41)42)28(21)20-43-25-12-11-23-18-39(15-13-22(23)16-25)19-24-7-2-3-14-36-24/h2-3,5,7,9-12,14,16-17,21H,4,6,8,13,15,18-20,44H2,1H3,(H,41,42). The molecule has 1 aliphatic carbocycles. The monoisotopic (exact) mass is 617 g/mol. The lowest BCUT2D eigenvalue weighted by atomic mass is 9.82. The lowest BCUT2D eigenvalue weighted by Gasteiger charge is -2.29. The van der Waals surface area contributed by atoms with Crippen LogP contribution in [0.4, 0.5) is 8.78 Å². The fourth-order valence-corrected chi connectivity index (χ4v) is 6.42. The molecule has 2 unspecified atom stereocenters. The molecule has 0 saturated carbocycles. The SMILES string of the molecule is CC1CCCC(c2cccc(-n3ncc(C(=O)O)c3C(F)(F)P)n2)=C1COc1ccc2c(c1)CCN(Cc1ccccn1)C2. The van der Waals surface area contributed by atoms with E-state index in [2.05, 4.69) is 40.1 Å². The van der Waals surface area contributed by atoms with Crippen LogP contribution < -0.4 is 4.74 Å². The molecule has 0 fully saturated rings. The molecule has 228 valence electrons. The maximum Gasteiger partial charge on any atom is 0.339 e. The number of halogens is 2. The first-order valence-corrected chi connectivity index (χ1v) is 15.3. The fourth-order valence-electron chi connectivity index (χ4n) is 6.14. The molecule has 4 aromatic rings. The number of hydrogen-bond acceptors (Lipinski definition) is 6. The Hall–Kier alpha value is -4.01. The molecule has 1 N–H and O–H groups in total. The number of pyridine rings is 2. The Bertz CT molecular complexity index is 1700. The van der Waals surface area contributed by atoms with Gasteiger partial charge in [-0.3, -0.25) is 9.88 Å². The second-order valence-electron chi connectivity index (χ2n) is 11.4. The van der Waals surface area contributed by atoms with E-state index in [0.717, 1.165) is 78.8 Å². The minimum atomic E-state index is -3.51. The Balaban J connectivity index is 1.22. The molecule has 8 nitrogen and oxygen atoms in total. The highest BCUT2D eigenvalue weighted by Gasteiger charge is 2.36. The predicted molar refractivity (Wildman–Crippen MR) is 166 cm³/mol. The summed E-state index contributed by atoms with van der Waals surface area (Å²) in [6.45, 7) is 5.22. The zero-order chi connectivity index (χ0) is 30.8. The smallest absolute Gasteiger partial charge is 0.339 e. The largest absolute Gasteiger partial charge is 0.489 e. The Morgan fingerprint density at radius 3 is 2.77 bits per heavy atom. The van der Waals surface area contributed by atoms with Crippen LogP contribution in [0.5, 0.6) is 5.75 Å². The average Bonchev–Trinajstić information content (AvgIpc) is 3.48. The third kappa shape index (κ3) is 6.42. The molecule has 11 heteroatoms. The number of hydrogen-bond donors (Lipinski definition) is 1. The van der Waals surface area contributed by atoms with E-state index < -0.39 is 22.9 Å². The zero-order valence-corrected chi connectivity index (χ0v) is 25.6. The summed E-state index contributed by atoms with van der Waals surface area (Å²) >= 11 is 0. The number of fused-ring (bicyclic) bond motifs is 1. The number of rotatable bonds is 9. The van der Waals surface area contributed by atoms with Gasteiger partial charge in [0.15, 0.2) is 5.82 Å². The van der Waals surface area contributed by atoms with E-state index in [1.54, 1.807) is 12.1 Å². The normalized spacial score (nSPS) is 17.4.